The van der Waals surface area contributed by atoms with Crippen LogP contribution in [0.1, 0.15) is 0 Å². The lowest BCUT2D eigenvalue weighted by Crippen LogP contribution is -2.36. The van der Waals surface area contributed by atoms with Gasteiger partial charge in [0, 0.05) is 0 Å². The van der Waals surface area contributed by atoms with E-state index in [0.29, 0.717) is 5.01 Å². The van der Waals surface area contributed by atoms with E-state index < -0.39 is 18.0 Å². The normalized spacial score (nSPS) is 10.5. The predicted molar refractivity (Wildman–Crippen MR) is 50.4 cm³/mol. The molecule has 0 saturated heterocycles. The molecule has 0 aromatic heterocycles. The van der Waals surface area contributed by atoms with Crippen LogP contribution in [0.15, 0.2) is 24.3 Å². The highest BCUT2D eigenvalue weighted by Crippen LogP contribution is 2.24. The van der Waals surface area contributed by atoms with E-state index in [1.807, 2.05) is 0 Å². The van der Waals surface area contributed by atoms with Crippen molar-refractivity contribution < 1.29 is 22.7 Å². The summed E-state index contributed by atoms with van der Waals surface area (Å²) in [5.41, 5.74) is 0.0751. The van der Waals surface area contributed by atoms with E-state index >= 15 is 0 Å². The molecule has 0 spiro atoms. The number of hydrogen-bond donors (Lipinski definition) is 1. The molecule has 5 nitrogen and oxygen atoms in total. The molecule has 1 aromatic rings. The minimum Gasteiger partial charge on any atom is -0.406 e. The average molecular weight is 245 g/mol. The van der Waals surface area contributed by atoms with Crippen molar-refractivity contribution in [3.63, 3.8) is 0 Å². The Balaban J connectivity index is 2.82. The summed E-state index contributed by atoms with van der Waals surface area (Å²) < 4.78 is 39.1. The van der Waals surface area contributed by atoms with Crippen LogP contribution in [-0.4, -0.2) is 12.3 Å². The zero-order valence-electron chi connectivity index (χ0n) is 8.23. The summed E-state index contributed by atoms with van der Waals surface area (Å²) in [5.74, 6) is 3.75. The van der Waals surface area contributed by atoms with Crippen molar-refractivity contribution in [2.45, 2.75) is 6.36 Å². The van der Waals surface area contributed by atoms with Crippen LogP contribution in [0.5, 0.6) is 5.75 Å². The highest BCUT2D eigenvalue weighted by Gasteiger charge is 2.31. The number of rotatable bonds is 2. The summed E-state index contributed by atoms with van der Waals surface area (Å²) in [7, 11) is 0. The number of carbonyl (C=O) groups excluding carboxylic acids is 1. The number of halogens is 3. The molecule has 0 aliphatic heterocycles. The van der Waals surface area contributed by atoms with Crippen molar-refractivity contribution in [1.82, 2.24) is 0 Å². The molecular weight excluding hydrogens is 239 g/mol. The Kier molecular flexibility index (Phi) is 3.55. The van der Waals surface area contributed by atoms with Crippen LogP contribution >= 0.6 is 0 Å². The first-order valence-electron chi connectivity index (χ1n) is 4.18. The van der Waals surface area contributed by atoms with E-state index in [-0.39, 0.29) is 5.69 Å². The molecule has 8 heteroatoms. The molecule has 0 bridgehead atoms. The van der Waals surface area contributed by atoms with Crippen LogP contribution in [0.3, 0.4) is 0 Å². The number of nitrogens with zero attached hydrogens (tertiary/aromatic N) is 2. The number of carbonyl (C=O) groups is 1. The van der Waals surface area contributed by atoms with Gasteiger partial charge in [-0.1, -0.05) is 0 Å². The lowest BCUT2D eigenvalue weighted by atomic mass is 10.3. The monoisotopic (exact) mass is 245 g/mol. The van der Waals surface area contributed by atoms with Crippen molar-refractivity contribution in [3.8, 4) is 11.8 Å². The molecule has 0 radical (unpaired) electrons. The number of nitriles is 1. The number of nitrogens with two attached hydrogens (primary N) is 1. The van der Waals surface area contributed by atoms with Crippen molar-refractivity contribution >= 4 is 11.6 Å². The van der Waals surface area contributed by atoms with Gasteiger partial charge in [0.05, 0.1) is 5.69 Å². The molecule has 0 unspecified atom stereocenters. The Morgan fingerprint density at radius 2 is 1.88 bits per heavy atom. The fourth-order valence-corrected chi connectivity index (χ4v) is 0.980. The molecule has 0 atom stereocenters. The van der Waals surface area contributed by atoms with Gasteiger partial charge < -0.3 is 4.74 Å². The van der Waals surface area contributed by atoms with Gasteiger partial charge in [-0.25, -0.2) is 10.9 Å². The van der Waals surface area contributed by atoms with Crippen molar-refractivity contribution in [2.24, 2.45) is 5.84 Å². The third-order valence-corrected chi connectivity index (χ3v) is 1.66. The molecule has 90 valence electrons. The molecule has 17 heavy (non-hydrogen) atoms. The number of benzene rings is 1. The average Bonchev–Trinajstić information content (AvgIpc) is 2.26. The van der Waals surface area contributed by atoms with Gasteiger partial charge in [0.15, 0.2) is 6.07 Å². The number of anilines is 1. The Morgan fingerprint density at radius 3 is 2.29 bits per heavy atom. The van der Waals surface area contributed by atoms with Crippen LogP contribution in [0.4, 0.5) is 18.9 Å². The summed E-state index contributed by atoms with van der Waals surface area (Å²) in [4.78, 5) is 10.9. The molecule has 0 heterocycles. The Labute approximate surface area is 93.8 Å². The molecule has 1 amide bonds. The highest BCUT2D eigenvalue weighted by molar-refractivity contribution is 6.03. The fourth-order valence-electron chi connectivity index (χ4n) is 0.980. The SMILES string of the molecule is N#CC(=O)N(N)c1ccc(OC(F)(F)F)cc1. The fraction of sp³-hybridized carbons (Fsp3) is 0.111. The van der Waals surface area contributed by atoms with E-state index in [9.17, 15) is 18.0 Å². The van der Waals surface area contributed by atoms with Gasteiger partial charge in [-0.2, -0.15) is 5.26 Å². The number of ether oxygens (including phenoxy) is 1. The van der Waals surface area contributed by atoms with Crippen molar-refractivity contribution in [1.29, 1.82) is 5.26 Å². The van der Waals surface area contributed by atoms with E-state index in [2.05, 4.69) is 4.74 Å². The molecular formula is C9H6F3N3O2. The second-order valence-corrected chi connectivity index (χ2v) is 2.83. The van der Waals surface area contributed by atoms with Crippen molar-refractivity contribution in [2.75, 3.05) is 5.01 Å². The van der Waals surface area contributed by atoms with Gasteiger partial charge in [-0.3, -0.25) is 4.79 Å². The quantitative estimate of drug-likeness (QED) is 0.369. The third-order valence-electron chi connectivity index (χ3n) is 1.66. The van der Waals surface area contributed by atoms with E-state index in [1.54, 1.807) is 0 Å². The lowest BCUT2D eigenvalue weighted by molar-refractivity contribution is -0.274. The first-order valence-corrected chi connectivity index (χ1v) is 4.18. The zero-order valence-corrected chi connectivity index (χ0v) is 8.23. The topological polar surface area (TPSA) is 79.4 Å². The number of hydrazine groups is 1. The van der Waals surface area contributed by atoms with Gasteiger partial charge in [0.2, 0.25) is 0 Å². The van der Waals surface area contributed by atoms with E-state index in [4.69, 9.17) is 11.1 Å². The summed E-state index contributed by atoms with van der Waals surface area (Å²) in [5, 5.41) is 8.79. The third kappa shape index (κ3) is 3.66. The molecule has 0 aliphatic rings. The van der Waals surface area contributed by atoms with Gasteiger partial charge in [-0.05, 0) is 24.3 Å². The minimum absolute atomic E-state index is 0.0751. The maximum atomic E-state index is 11.8. The molecule has 2 N–H and O–H groups in total. The van der Waals surface area contributed by atoms with E-state index in [0.717, 1.165) is 24.3 Å². The van der Waals surface area contributed by atoms with Crippen molar-refractivity contribution in [3.05, 3.63) is 24.3 Å². The number of hydrogen-bond acceptors (Lipinski definition) is 4. The van der Waals surface area contributed by atoms with Gasteiger partial charge in [0.25, 0.3) is 0 Å². The number of amides is 1. The van der Waals surface area contributed by atoms with Gasteiger partial charge in [-0.15, -0.1) is 13.2 Å². The van der Waals surface area contributed by atoms with Crippen LogP contribution in [0.2, 0.25) is 0 Å². The van der Waals surface area contributed by atoms with Gasteiger partial charge in [0.1, 0.15) is 5.75 Å². The first-order chi connectivity index (χ1) is 7.83. The predicted octanol–water partition coefficient (Wildman–Crippen LogP) is 1.32. The highest BCUT2D eigenvalue weighted by atomic mass is 19.4. The first kappa shape index (κ1) is 12.8. The molecule has 0 aliphatic carbocycles. The smallest absolute Gasteiger partial charge is 0.406 e. The summed E-state index contributed by atoms with van der Waals surface area (Å²) >= 11 is 0. The summed E-state index contributed by atoms with van der Waals surface area (Å²) in [6.45, 7) is 0. The molecule has 1 aromatic carbocycles. The Hall–Kier alpha value is -2.27. The summed E-state index contributed by atoms with van der Waals surface area (Å²) in [6, 6.07) is 5.47. The van der Waals surface area contributed by atoms with Crippen LogP contribution in [0.25, 0.3) is 0 Å². The van der Waals surface area contributed by atoms with Gasteiger partial charge >= 0.3 is 12.3 Å². The Bertz CT molecular complexity index is 450. The molecule has 0 saturated carbocycles. The lowest BCUT2D eigenvalue weighted by Gasteiger charge is -2.13. The minimum atomic E-state index is -4.79. The maximum absolute atomic E-state index is 11.8. The second kappa shape index (κ2) is 4.71. The zero-order chi connectivity index (χ0) is 13.1. The standard InChI is InChI=1S/C9H6F3N3O2/c10-9(11,12)17-7-3-1-6(2-4-7)15(14)8(16)5-13/h1-4H,14H2. The molecule has 0 fully saturated rings. The Morgan fingerprint density at radius 1 is 1.35 bits per heavy atom. The van der Waals surface area contributed by atoms with Crippen LogP contribution in [-0.2, 0) is 4.79 Å². The van der Waals surface area contributed by atoms with Crippen LogP contribution in [0, 0.1) is 11.3 Å². The number of alkyl halides is 3. The van der Waals surface area contributed by atoms with Crippen LogP contribution < -0.4 is 15.6 Å². The second-order valence-electron chi connectivity index (χ2n) is 2.83. The van der Waals surface area contributed by atoms with E-state index in [1.165, 1.54) is 6.07 Å². The maximum Gasteiger partial charge on any atom is 0.573 e. The summed E-state index contributed by atoms with van der Waals surface area (Å²) in [6.07, 6.45) is -4.79. The molecule has 1 rings (SSSR count). The largest absolute Gasteiger partial charge is 0.573 e.